The first-order valence-electron chi connectivity index (χ1n) is 5.91. The smallest absolute Gasteiger partial charge is 0.0503 e. The molecule has 0 unspecified atom stereocenters. The maximum Gasteiger partial charge on any atom is 0.0503 e. The first kappa shape index (κ1) is 14.7. The highest BCUT2D eigenvalue weighted by molar-refractivity contribution is 6.35. The lowest BCUT2D eigenvalue weighted by molar-refractivity contribution is 0.264. The lowest BCUT2D eigenvalue weighted by Gasteiger charge is -2.17. The highest BCUT2D eigenvalue weighted by Gasteiger charge is 2.15. The highest BCUT2D eigenvalue weighted by Crippen LogP contribution is 2.30. The standard InChI is InChI=1S/C15H13Cl3O/c16-12-6-5-10(15(18)8-12)7-11(9-19)13-3-1-2-4-14(13)17/h1-6,8,11,19H,7,9H2/t11-/m1/s1. The Balaban J connectivity index is 2.27. The third-order valence-electron chi connectivity index (χ3n) is 3.05. The van der Waals surface area contributed by atoms with Crippen LogP contribution in [0.25, 0.3) is 0 Å². The molecule has 0 aromatic heterocycles. The normalized spacial score (nSPS) is 12.4. The van der Waals surface area contributed by atoms with E-state index in [2.05, 4.69) is 0 Å². The van der Waals surface area contributed by atoms with E-state index in [4.69, 9.17) is 34.8 Å². The first-order valence-corrected chi connectivity index (χ1v) is 7.04. The fourth-order valence-electron chi connectivity index (χ4n) is 2.03. The quantitative estimate of drug-likeness (QED) is 0.845. The van der Waals surface area contributed by atoms with Crippen molar-refractivity contribution in [2.45, 2.75) is 12.3 Å². The van der Waals surface area contributed by atoms with Gasteiger partial charge in [-0.25, -0.2) is 0 Å². The van der Waals surface area contributed by atoms with Crippen LogP contribution in [-0.4, -0.2) is 11.7 Å². The summed E-state index contributed by atoms with van der Waals surface area (Å²) in [4.78, 5) is 0. The molecule has 100 valence electrons. The van der Waals surface area contributed by atoms with E-state index in [1.54, 1.807) is 12.1 Å². The van der Waals surface area contributed by atoms with Crippen molar-refractivity contribution in [2.75, 3.05) is 6.61 Å². The number of hydrogen-bond acceptors (Lipinski definition) is 1. The zero-order chi connectivity index (χ0) is 13.8. The summed E-state index contributed by atoms with van der Waals surface area (Å²) in [6.45, 7) is 0.0166. The molecule has 2 aromatic carbocycles. The molecule has 0 fully saturated rings. The van der Waals surface area contributed by atoms with E-state index in [1.165, 1.54) is 0 Å². The fraction of sp³-hybridized carbons (Fsp3) is 0.200. The van der Waals surface area contributed by atoms with E-state index in [-0.39, 0.29) is 12.5 Å². The van der Waals surface area contributed by atoms with Crippen LogP contribution in [0.15, 0.2) is 42.5 Å². The molecule has 1 nitrogen and oxygen atoms in total. The predicted octanol–water partition coefficient (Wildman–Crippen LogP) is 4.97. The van der Waals surface area contributed by atoms with Crippen molar-refractivity contribution >= 4 is 34.8 Å². The maximum atomic E-state index is 9.58. The molecule has 0 aliphatic carbocycles. The summed E-state index contributed by atoms with van der Waals surface area (Å²) < 4.78 is 0. The molecular formula is C15H13Cl3O. The molecule has 0 spiro atoms. The van der Waals surface area contributed by atoms with E-state index in [0.717, 1.165) is 11.1 Å². The van der Waals surface area contributed by atoms with Crippen LogP contribution in [0.3, 0.4) is 0 Å². The van der Waals surface area contributed by atoms with Crippen LogP contribution in [0.4, 0.5) is 0 Å². The SMILES string of the molecule is OC[C@@H](Cc1ccc(Cl)cc1Cl)c1ccccc1Cl. The summed E-state index contributed by atoms with van der Waals surface area (Å²) >= 11 is 18.2. The summed E-state index contributed by atoms with van der Waals surface area (Å²) in [5.41, 5.74) is 1.88. The van der Waals surface area contributed by atoms with Gasteiger partial charge in [0.2, 0.25) is 0 Å². The Kier molecular flexibility index (Phi) is 5.12. The van der Waals surface area contributed by atoms with Crippen molar-refractivity contribution in [1.29, 1.82) is 0 Å². The second-order valence-electron chi connectivity index (χ2n) is 4.34. The Morgan fingerprint density at radius 3 is 2.32 bits per heavy atom. The minimum Gasteiger partial charge on any atom is -0.396 e. The molecule has 0 saturated heterocycles. The monoisotopic (exact) mass is 314 g/mol. The number of halogens is 3. The zero-order valence-electron chi connectivity index (χ0n) is 10.1. The summed E-state index contributed by atoms with van der Waals surface area (Å²) in [6.07, 6.45) is 0.621. The number of benzene rings is 2. The van der Waals surface area contributed by atoms with Crippen molar-refractivity contribution in [3.63, 3.8) is 0 Å². The molecule has 2 aromatic rings. The minimum atomic E-state index is -0.0765. The van der Waals surface area contributed by atoms with Gasteiger partial charge in [0.25, 0.3) is 0 Å². The molecule has 0 aliphatic heterocycles. The Labute approximate surface area is 127 Å². The van der Waals surface area contributed by atoms with Gasteiger partial charge >= 0.3 is 0 Å². The molecule has 4 heteroatoms. The van der Waals surface area contributed by atoms with Crippen LogP contribution in [0.2, 0.25) is 15.1 Å². The van der Waals surface area contributed by atoms with E-state index >= 15 is 0 Å². The molecule has 1 N–H and O–H groups in total. The Morgan fingerprint density at radius 1 is 0.947 bits per heavy atom. The molecule has 0 amide bonds. The summed E-state index contributed by atoms with van der Waals surface area (Å²) in [7, 11) is 0. The fourth-order valence-corrected chi connectivity index (χ4v) is 2.81. The molecule has 19 heavy (non-hydrogen) atoms. The Hall–Kier alpha value is -0.730. The molecule has 0 bridgehead atoms. The molecule has 1 atom stereocenters. The summed E-state index contributed by atoms with van der Waals surface area (Å²) in [5.74, 6) is -0.0765. The molecule has 0 saturated carbocycles. The summed E-state index contributed by atoms with van der Waals surface area (Å²) in [6, 6.07) is 12.9. The highest BCUT2D eigenvalue weighted by atomic mass is 35.5. The molecular weight excluding hydrogens is 303 g/mol. The van der Waals surface area contributed by atoms with E-state index in [9.17, 15) is 5.11 Å². The topological polar surface area (TPSA) is 20.2 Å². The van der Waals surface area contributed by atoms with Crippen molar-refractivity contribution in [1.82, 2.24) is 0 Å². The van der Waals surface area contributed by atoms with Crippen molar-refractivity contribution in [3.8, 4) is 0 Å². The minimum absolute atomic E-state index is 0.0166. The van der Waals surface area contributed by atoms with Gasteiger partial charge in [-0.2, -0.15) is 0 Å². The Morgan fingerprint density at radius 2 is 1.68 bits per heavy atom. The van der Waals surface area contributed by atoms with Gasteiger partial charge in [0.05, 0.1) is 6.61 Å². The van der Waals surface area contributed by atoms with E-state index in [0.29, 0.717) is 21.5 Å². The van der Waals surface area contributed by atoms with Crippen LogP contribution < -0.4 is 0 Å². The van der Waals surface area contributed by atoms with Crippen molar-refractivity contribution in [2.24, 2.45) is 0 Å². The average Bonchev–Trinajstić information content (AvgIpc) is 2.39. The van der Waals surface area contributed by atoms with Crippen LogP contribution in [0.5, 0.6) is 0 Å². The first-order chi connectivity index (χ1) is 9.11. The van der Waals surface area contributed by atoms with Crippen molar-refractivity contribution in [3.05, 3.63) is 68.7 Å². The van der Waals surface area contributed by atoms with Crippen LogP contribution >= 0.6 is 34.8 Å². The second kappa shape index (κ2) is 6.62. The van der Waals surface area contributed by atoms with E-state index < -0.39 is 0 Å². The third kappa shape index (κ3) is 3.64. The third-order valence-corrected chi connectivity index (χ3v) is 3.98. The van der Waals surface area contributed by atoms with Crippen LogP contribution in [0.1, 0.15) is 17.0 Å². The van der Waals surface area contributed by atoms with Crippen LogP contribution in [0, 0.1) is 0 Å². The average molecular weight is 316 g/mol. The number of aliphatic hydroxyl groups excluding tert-OH is 1. The lowest BCUT2D eigenvalue weighted by atomic mass is 9.92. The van der Waals surface area contributed by atoms with Gasteiger partial charge in [0.1, 0.15) is 0 Å². The molecule has 0 radical (unpaired) electrons. The van der Waals surface area contributed by atoms with Gasteiger partial charge in [0.15, 0.2) is 0 Å². The molecule has 0 aliphatic rings. The van der Waals surface area contributed by atoms with Gasteiger partial charge in [-0.05, 0) is 35.7 Å². The summed E-state index contributed by atoms with van der Waals surface area (Å²) in [5, 5.41) is 11.5. The Bertz CT molecular complexity index is 569. The van der Waals surface area contributed by atoms with E-state index in [1.807, 2.05) is 30.3 Å². The van der Waals surface area contributed by atoms with Crippen molar-refractivity contribution < 1.29 is 5.11 Å². The predicted molar refractivity (Wildman–Crippen MR) is 81.4 cm³/mol. The van der Waals surface area contributed by atoms with Gasteiger partial charge in [-0.3, -0.25) is 0 Å². The van der Waals surface area contributed by atoms with Gasteiger partial charge in [0, 0.05) is 21.0 Å². The van der Waals surface area contributed by atoms with Crippen LogP contribution in [-0.2, 0) is 6.42 Å². The number of rotatable bonds is 4. The largest absolute Gasteiger partial charge is 0.396 e. The van der Waals surface area contributed by atoms with Gasteiger partial charge < -0.3 is 5.11 Å². The number of hydrogen-bond donors (Lipinski definition) is 1. The number of aliphatic hydroxyl groups is 1. The lowest BCUT2D eigenvalue weighted by Crippen LogP contribution is -2.08. The molecule has 2 rings (SSSR count). The maximum absolute atomic E-state index is 9.58. The zero-order valence-corrected chi connectivity index (χ0v) is 12.4. The van der Waals surface area contributed by atoms with Gasteiger partial charge in [-0.1, -0.05) is 59.1 Å². The molecule has 0 heterocycles. The second-order valence-corrected chi connectivity index (χ2v) is 5.59. The van der Waals surface area contributed by atoms with Gasteiger partial charge in [-0.15, -0.1) is 0 Å².